The number of nitrogens with one attached hydrogen (secondary N) is 1. The van der Waals surface area contributed by atoms with Crippen LogP contribution in [0.2, 0.25) is 0 Å². The Morgan fingerprint density at radius 1 is 0.881 bits per heavy atom. The number of carbonyl (C=O) groups excluding carboxylic acids is 3. The summed E-state index contributed by atoms with van der Waals surface area (Å²) < 4.78 is 103. The molecule has 1 aliphatic heterocycles. The van der Waals surface area contributed by atoms with E-state index in [9.17, 15) is 40.4 Å². The van der Waals surface area contributed by atoms with Crippen molar-refractivity contribution >= 4 is 45.3 Å². The van der Waals surface area contributed by atoms with E-state index in [-0.39, 0.29) is 77.3 Å². The first-order valence-electron chi connectivity index (χ1n) is 18.4. The molecule has 0 saturated carbocycles. The first kappa shape index (κ1) is 46.5. The summed E-state index contributed by atoms with van der Waals surface area (Å²) in [5, 5.41) is 4.07. The van der Waals surface area contributed by atoms with E-state index in [2.05, 4.69) is 20.3 Å². The normalized spacial score (nSPS) is 12.7. The van der Waals surface area contributed by atoms with Crippen LogP contribution in [0.15, 0.2) is 46.1 Å². The maximum Gasteiger partial charge on any atom is 0.300 e. The second-order valence-electron chi connectivity index (χ2n) is 12.8. The molecule has 0 bridgehead atoms. The number of amides is 2. The zero-order chi connectivity index (χ0) is 43.1. The van der Waals surface area contributed by atoms with Crippen LogP contribution >= 0.6 is 0 Å². The highest BCUT2D eigenvalue weighted by atomic mass is 32.2. The molecule has 16 nitrogen and oxygen atoms in total. The van der Waals surface area contributed by atoms with Gasteiger partial charge in [-0.1, -0.05) is 19.1 Å². The van der Waals surface area contributed by atoms with Gasteiger partial charge in [0.2, 0.25) is 5.91 Å². The monoisotopic (exact) mass is 852 g/mol. The van der Waals surface area contributed by atoms with Crippen molar-refractivity contribution in [3.63, 3.8) is 0 Å². The molecule has 0 unspecified atom stereocenters. The number of hydroxylamine groups is 2. The van der Waals surface area contributed by atoms with Gasteiger partial charge < -0.3 is 25.3 Å². The van der Waals surface area contributed by atoms with E-state index >= 15 is 0 Å². The lowest BCUT2D eigenvalue weighted by Crippen LogP contribution is -2.34. The third kappa shape index (κ3) is 13.4. The van der Waals surface area contributed by atoms with Crippen LogP contribution < -0.4 is 11.1 Å². The number of benzene rings is 2. The summed E-state index contributed by atoms with van der Waals surface area (Å²) in [6.07, 6.45) is 4.53. The first-order valence-corrected chi connectivity index (χ1v) is 19.9. The number of carbonyl (C=O) groups is 3. The SMILES string of the molecule is CCCN(OCC)C(=O)C1=Cc2ccc(-c3cnc(CNC(=O)CCOCCOCCOCCC(=O)Cc4c(F)c(F)c(S(=O)(=O)O)c(F)c4F)nc3)cc2N=C(N)C1. The molecule has 3 aromatic rings. The molecule has 2 heterocycles. The Bertz CT molecular complexity index is 2120. The number of fused-ring (bicyclic) bond motifs is 1. The number of ether oxygens (including phenoxy) is 3. The van der Waals surface area contributed by atoms with E-state index in [4.69, 9.17) is 29.3 Å². The average molecular weight is 853 g/mol. The number of halogens is 4. The fraction of sp³-hybridized carbons (Fsp3) is 0.421. The lowest BCUT2D eigenvalue weighted by atomic mass is 10.0. The molecule has 21 heteroatoms. The maximum absolute atomic E-state index is 14.1. The molecule has 2 amide bonds. The number of amidine groups is 1. The number of rotatable bonds is 23. The molecule has 1 aromatic heterocycles. The van der Waals surface area contributed by atoms with Gasteiger partial charge in [0.15, 0.2) is 28.2 Å². The average Bonchev–Trinajstić information content (AvgIpc) is 3.36. The molecule has 0 fully saturated rings. The van der Waals surface area contributed by atoms with Crippen LogP contribution in [0.25, 0.3) is 17.2 Å². The second-order valence-corrected chi connectivity index (χ2v) is 14.2. The van der Waals surface area contributed by atoms with Crippen molar-refractivity contribution in [3.8, 4) is 11.1 Å². The molecule has 4 rings (SSSR count). The van der Waals surface area contributed by atoms with Crippen molar-refractivity contribution < 1.29 is 64.0 Å². The Balaban J connectivity index is 1.10. The van der Waals surface area contributed by atoms with Gasteiger partial charge in [0.25, 0.3) is 5.91 Å². The molecule has 0 spiro atoms. The van der Waals surface area contributed by atoms with Crippen LogP contribution in [0.3, 0.4) is 0 Å². The second kappa shape index (κ2) is 22.3. The Hall–Kier alpha value is -5.19. The van der Waals surface area contributed by atoms with Crippen molar-refractivity contribution in [3.05, 3.63) is 76.4 Å². The number of hydrogen-bond donors (Lipinski definition) is 3. The molecular weight excluding hydrogens is 809 g/mol. The van der Waals surface area contributed by atoms with Crippen molar-refractivity contribution in [2.24, 2.45) is 10.7 Å². The lowest BCUT2D eigenvalue weighted by Gasteiger charge is -2.21. The van der Waals surface area contributed by atoms with Crippen LogP contribution in [0.4, 0.5) is 23.2 Å². The fourth-order valence-corrected chi connectivity index (χ4v) is 6.16. The predicted molar refractivity (Wildman–Crippen MR) is 203 cm³/mol. The molecule has 320 valence electrons. The van der Waals surface area contributed by atoms with Crippen LogP contribution in [0, 0.1) is 23.3 Å². The molecule has 59 heavy (non-hydrogen) atoms. The summed E-state index contributed by atoms with van der Waals surface area (Å²) >= 11 is 0. The summed E-state index contributed by atoms with van der Waals surface area (Å²) in [5.74, 6) is -9.62. The molecule has 0 saturated heterocycles. The van der Waals surface area contributed by atoms with Gasteiger partial charge in [-0.05, 0) is 31.1 Å². The lowest BCUT2D eigenvalue weighted by molar-refractivity contribution is -0.180. The van der Waals surface area contributed by atoms with Crippen molar-refractivity contribution in [2.75, 3.05) is 52.8 Å². The summed E-state index contributed by atoms with van der Waals surface area (Å²) in [4.78, 5) is 54.1. The highest BCUT2D eigenvalue weighted by Crippen LogP contribution is 2.32. The molecular formula is C38H44F4N6O10S. The smallest absolute Gasteiger partial charge is 0.300 e. The third-order valence-electron chi connectivity index (χ3n) is 8.38. The Morgan fingerprint density at radius 2 is 1.49 bits per heavy atom. The zero-order valence-corrected chi connectivity index (χ0v) is 33.1. The van der Waals surface area contributed by atoms with Crippen molar-refractivity contribution in [2.45, 2.75) is 57.4 Å². The number of Topliss-reactive ketones (excluding diaryl/α,β-unsaturated/α-hetero) is 1. The standard InChI is InChI=1S/C38H44F4N6O10S/c1-3-9-48(58-4-2)38(51)25-16-24-6-5-23(17-29(24)47-30(43)18-25)26-20-44-31(45-21-26)22-46-32(50)8-11-56-13-15-57-14-12-55-10-7-27(49)19-28-33(39)35(41)37(59(52,53)54)36(42)34(28)40/h5-6,16-17,20-21H,3-4,7-15,18-19,22H2,1-2H3,(H2,43,47)(H,46,50)(H,52,53,54). The highest BCUT2D eigenvalue weighted by Gasteiger charge is 2.32. The van der Waals surface area contributed by atoms with E-state index in [1.54, 1.807) is 18.5 Å². The molecule has 0 radical (unpaired) electrons. The van der Waals surface area contributed by atoms with E-state index in [0.717, 1.165) is 17.5 Å². The maximum atomic E-state index is 14.1. The zero-order valence-electron chi connectivity index (χ0n) is 32.3. The number of nitrogens with zero attached hydrogens (tertiary/aromatic N) is 4. The molecule has 0 aliphatic carbocycles. The van der Waals surface area contributed by atoms with Crippen molar-refractivity contribution in [1.29, 1.82) is 0 Å². The summed E-state index contributed by atoms with van der Waals surface area (Å²) in [6.45, 7) is 5.02. The van der Waals surface area contributed by atoms with E-state index in [1.807, 2.05) is 32.0 Å². The highest BCUT2D eigenvalue weighted by molar-refractivity contribution is 7.85. The molecule has 0 atom stereocenters. The van der Waals surface area contributed by atoms with Gasteiger partial charge in [-0.3, -0.25) is 23.8 Å². The van der Waals surface area contributed by atoms with Crippen molar-refractivity contribution in [1.82, 2.24) is 20.3 Å². The van der Waals surface area contributed by atoms with E-state index < -0.39 is 56.1 Å². The third-order valence-corrected chi connectivity index (χ3v) is 9.25. The van der Waals surface area contributed by atoms with Gasteiger partial charge in [0, 0.05) is 66.9 Å². The Labute approximate surface area is 337 Å². The van der Waals surface area contributed by atoms with Crippen LogP contribution in [-0.4, -0.2) is 104 Å². The number of hydrogen-bond acceptors (Lipinski definition) is 13. The minimum absolute atomic E-state index is 0.0281. The van der Waals surface area contributed by atoms with E-state index in [1.165, 1.54) is 5.06 Å². The van der Waals surface area contributed by atoms with Gasteiger partial charge in [-0.2, -0.15) is 8.42 Å². The predicted octanol–water partition coefficient (Wildman–Crippen LogP) is 4.17. The van der Waals surface area contributed by atoms with Crippen LogP contribution in [0.5, 0.6) is 0 Å². The van der Waals surface area contributed by atoms with Gasteiger partial charge in [-0.15, -0.1) is 0 Å². The van der Waals surface area contributed by atoms with Gasteiger partial charge in [-0.25, -0.2) is 37.6 Å². The summed E-state index contributed by atoms with van der Waals surface area (Å²) in [5.41, 5.74) is 8.15. The summed E-state index contributed by atoms with van der Waals surface area (Å²) in [6, 6.07) is 5.54. The number of nitrogens with two attached hydrogens (primary N) is 1. The minimum Gasteiger partial charge on any atom is -0.387 e. The Kier molecular flexibility index (Phi) is 17.5. The Morgan fingerprint density at radius 3 is 2.08 bits per heavy atom. The first-order chi connectivity index (χ1) is 28.1. The topological polar surface area (TPSA) is 222 Å². The van der Waals surface area contributed by atoms with E-state index in [0.29, 0.717) is 41.6 Å². The number of aromatic nitrogens is 2. The largest absolute Gasteiger partial charge is 0.387 e. The minimum atomic E-state index is -5.60. The van der Waals surface area contributed by atoms with Crippen LogP contribution in [-0.2, 0) is 56.5 Å². The molecule has 4 N–H and O–H groups in total. The van der Waals surface area contributed by atoms with Crippen LogP contribution in [0.1, 0.15) is 56.5 Å². The quantitative estimate of drug-likeness (QED) is 0.0401. The fourth-order valence-electron chi connectivity index (χ4n) is 5.53. The summed E-state index contributed by atoms with van der Waals surface area (Å²) in [7, 11) is -5.60. The van der Waals surface area contributed by atoms with Gasteiger partial charge >= 0.3 is 10.1 Å². The molecule has 1 aliphatic rings. The number of aliphatic imine (C=N–C) groups is 1. The molecule has 2 aromatic carbocycles. The van der Waals surface area contributed by atoms with Gasteiger partial charge in [0.1, 0.15) is 17.4 Å². The number of ketones is 1. The van der Waals surface area contributed by atoms with Gasteiger partial charge in [0.05, 0.1) is 58.5 Å².